The molecule has 2 N–H and O–H groups in total. The Labute approximate surface area is 154 Å². The third kappa shape index (κ3) is 6.48. The van der Waals surface area contributed by atoms with E-state index in [0.29, 0.717) is 5.75 Å². The van der Waals surface area contributed by atoms with Crippen molar-refractivity contribution in [1.82, 2.24) is 5.32 Å². The van der Waals surface area contributed by atoms with Gasteiger partial charge in [0.05, 0.1) is 6.08 Å². The van der Waals surface area contributed by atoms with Crippen LogP contribution in [0.25, 0.3) is 5.70 Å². The number of para-hydroxylation sites is 1. The number of allylic oxidation sites excluding steroid dienone is 1. The van der Waals surface area contributed by atoms with Gasteiger partial charge < -0.3 is 15.2 Å². The minimum Gasteiger partial charge on any atom is -0.508 e. The van der Waals surface area contributed by atoms with E-state index in [1.54, 1.807) is 24.3 Å². The monoisotopic (exact) mass is 351 g/mol. The van der Waals surface area contributed by atoms with Crippen molar-refractivity contribution in [1.29, 1.82) is 0 Å². The van der Waals surface area contributed by atoms with Crippen molar-refractivity contribution < 1.29 is 14.6 Å². The quantitative estimate of drug-likeness (QED) is 0.268. The van der Waals surface area contributed by atoms with Crippen LogP contribution in [0.15, 0.2) is 72.5 Å². The van der Waals surface area contributed by atoms with E-state index in [2.05, 4.69) is 5.32 Å². The Morgan fingerprint density at radius 1 is 1.00 bits per heavy atom. The molecular formula is C22H25NO3. The molecule has 0 unspecified atom stereocenters. The lowest BCUT2D eigenvalue weighted by Gasteiger charge is -2.24. The van der Waals surface area contributed by atoms with E-state index in [0.717, 1.165) is 22.9 Å². The van der Waals surface area contributed by atoms with Gasteiger partial charge in [-0.25, -0.2) is 4.79 Å². The van der Waals surface area contributed by atoms with Gasteiger partial charge in [0, 0.05) is 17.3 Å². The zero-order valence-electron chi connectivity index (χ0n) is 15.6. The molecule has 0 saturated heterocycles. The smallest absolute Gasteiger partial charge is 0.339 e. The largest absolute Gasteiger partial charge is 0.508 e. The zero-order valence-corrected chi connectivity index (χ0v) is 15.6. The maximum absolute atomic E-state index is 12.0. The maximum atomic E-state index is 12.0. The van der Waals surface area contributed by atoms with Crippen LogP contribution in [0, 0.1) is 6.92 Å². The van der Waals surface area contributed by atoms with Crippen LogP contribution in [0.3, 0.4) is 0 Å². The van der Waals surface area contributed by atoms with E-state index in [1.165, 1.54) is 6.08 Å². The van der Waals surface area contributed by atoms with Crippen molar-refractivity contribution in [3.63, 3.8) is 0 Å². The lowest BCUT2D eigenvalue weighted by atomic mass is 10.0. The number of benzene rings is 2. The Hall–Kier alpha value is -3.01. The zero-order chi connectivity index (χ0) is 19.2. The number of aryl methyl sites for hydroxylation is 1. The molecule has 0 amide bonds. The summed E-state index contributed by atoms with van der Waals surface area (Å²) >= 11 is 0. The molecule has 0 aliphatic carbocycles. The summed E-state index contributed by atoms with van der Waals surface area (Å²) in [6, 6.07) is 16.7. The number of hydrogen-bond acceptors (Lipinski definition) is 4. The molecule has 0 bridgehead atoms. The Morgan fingerprint density at radius 2 is 1.62 bits per heavy atom. The van der Waals surface area contributed by atoms with Gasteiger partial charge in [-0.05, 0) is 45.4 Å². The lowest BCUT2D eigenvalue weighted by molar-refractivity contribution is -0.129. The Balaban J connectivity index is 2.23. The molecule has 0 aromatic heterocycles. The van der Waals surface area contributed by atoms with E-state index in [-0.39, 0.29) is 11.3 Å². The second-order valence-corrected chi connectivity index (χ2v) is 7.10. The second-order valence-electron chi connectivity index (χ2n) is 7.10. The van der Waals surface area contributed by atoms with E-state index in [9.17, 15) is 9.90 Å². The van der Waals surface area contributed by atoms with Crippen LogP contribution in [0.2, 0.25) is 0 Å². The number of carbonyl (C=O) groups excluding carboxylic acids is 1. The molecule has 2 aromatic rings. The minimum atomic E-state index is -0.635. The van der Waals surface area contributed by atoms with Crippen molar-refractivity contribution in [2.75, 3.05) is 0 Å². The first kappa shape index (κ1) is 19.3. The molecule has 4 heteroatoms. The average Bonchev–Trinajstić information content (AvgIpc) is 2.54. The summed E-state index contributed by atoms with van der Waals surface area (Å²) in [5, 5.41) is 13.6. The third-order valence-electron chi connectivity index (χ3n) is 3.39. The highest BCUT2D eigenvalue weighted by atomic mass is 16.5. The van der Waals surface area contributed by atoms with Crippen molar-refractivity contribution in [2.45, 2.75) is 33.2 Å². The topological polar surface area (TPSA) is 58.6 Å². The molecule has 0 aliphatic heterocycles. The van der Waals surface area contributed by atoms with Crippen LogP contribution in [-0.4, -0.2) is 16.6 Å². The number of nitrogens with one attached hydrogen (secondary N) is 1. The number of aliphatic hydroxyl groups excluding tert-OH is 1. The van der Waals surface area contributed by atoms with E-state index in [4.69, 9.17) is 4.74 Å². The molecule has 136 valence electrons. The van der Waals surface area contributed by atoms with E-state index in [1.807, 2.05) is 58.0 Å². The number of esters is 1. The normalized spacial score (nSPS) is 12.6. The maximum Gasteiger partial charge on any atom is 0.339 e. The molecular weight excluding hydrogens is 326 g/mol. The fraction of sp³-hybridized carbons (Fsp3) is 0.227. The minimum absolute atomic E-state index is 0.182. The lowest BCUT2D eigenvalue weighted by Crippen LogP contribution is -2.34. The van der Waals surface area contributed by atoms with Crippen LogP contribution in [0.5, 0.6) is 5.75 Å². The van der Waals surface area contributed by atoms with Crippen molar-refractivity contribution in [2.24, 2.45) is 0 Å². The summed E-state index contributed by atoms with van der Waals surface area (Å²) in [6.45, 7) is 8.10. The van der Waals surface area contributed by atoms with Gasteiger partial charge in [0.25, 0.3) is 0 Å². The fourth-order valence-electron chi connectivity index (χ4n) is 2.27. The summed E-state index contributed by atoms with van der Waals surface area (Å²) < 4.78 is 5.16. The SMILES string of the molecule is Cc1ccc(/C(=C/C(O)=C\C(=O)Oc2ccccc2)NC(C)(C)C)cc1. The highest BCUT2D eigenvalue weighted by molar-refractivity contribution is 5.85. The predicted molar refractivity (Wildman–Crippen MR) is 105 cm³/mol. The van der Waals surface area contributed by atoms with Gasteiger partial charge in [-0.15, -0.1) is 0 Å². The molecule has 2 rings (SSSR count). The van der Waals surface area contributed by atoms with Crippen LogP contribution in [-0.2, 0) is 4.79 Å². The van der Waals surface area contributed by atoms with Gasteiger partial charge in [-0.1, -0.05) is 48.0 Å². The second kappa shape index (κ2) is 8.39. The van der Waals surface area contributed by atoms with Crippen LogP contribution in [0.4, 0.5) is 0 Å². The fourth-order valence-corrected chi connectivity index (χ4v) is 2.27. The first-order valence-electron chi connectivity index (χ1n) is 8.47. The summed E-state index contributed by atoms with van der Waals surface area (Å²) in [5.41, 5.74) is 2.58. The highest BCUT2D eigenvalue weighted by Crippen LogP contribution is 2.18. The molecule has 0 radical (unpaired) electrons. The number of rotatable bonds is 5. The first-order valence-corrected chi connectivity index (χ1v) is 8.47. The summed E-state index contributed by atoms with van der Waals surface area (Å²) in [4.78, 5) is 12.0. The summed E-state index contributed by atoms with van der Waals surface area (Å²) in [6.07, 6.45) is 2.59. The highest BCUT2D eigenvalue weighted by Gasteiger charge is 2.13. The van der Waals surface area contributed by atoms with Crippen molar-refractivity contribution >= 4 is 11.7 Å². The molecule has 0 fully saturated rings. The van der Waals surface area contributed by atoms with Crippen molar-refractivity contribution in [3.05, 3.63) is 83.6 Å². The molecule has 0 saturated carbocycles. The third-order valence-corrected chi connectivity index (χ3v) is 3.39. The first-order chi connectivity index (χ1) is 12.2. The number of aliphatic hydroxyl groups is 1. The molecule has 2 aromatic carbocycles. The Kier molecular flexibility index (Phi) is 6.23. The van der Waals surface area contributed by atoms with E-state index >= 15 is 0 Å². The van der Waals surface area contributed by atoms with Gasteiger partial charge in [-0.2, -0.15) is 0 Å². The molecule has 4 nitrogen and oxygen atoms in total. The molecule has 0 heterocycles. The number of hydrogen-bond donors (Lipinski definition) is 2. The average molecular weight is 351 g/mol. The van der Waals surface area contributed by atoms with Gasteiger partial charge in [0.15, 0.2) is 0 Å². The standard InChI is InChI=1S/C22H25NO3/c1-16-10-12-17(13-11-16)20(23-22(2,3)4)14-18(24)15-21(25)26-19-8-6-5-7-9-19/h5-15,23-24H,1-4H3/b18-15+,20-14-. The Bertz CT molecular complexity index is 798. The van der Waals surface area contributed by atoms with E-state index < -0.39 is 5.97 Å². The number of ether oxygens (including phenoxy) is 1. The number of carbonyl (C=O) groups is 1. The van der Waals surface area contributed by atoms with Gasteiger partial charge in [0.2, 0.25) is 0 Å². The predicted octanol–water partition coefficient (Wildman–Crippen LogP) is 4.77. The van der Waals surface area contributed by atoms with Gasteiger partial charge in [-0.3, -0.25) is 0 Å². The van der Waals surface area contributed by atoms with Gasteiger partial charge in [0.1, 0.15) is 11.5 Å². The van der Waals surface area contributed by atoms with Gasteiger partial charge >= 0.3 is 5.97 Å². The van der Waals surface area contributed by atoms with Crippen LogP contribution >= 0.6 is 0 Å². The molecule has 0 spiro atoms. The summed E-state index contributed by atoms with van der Waals surface area (Å²) in [7, 11) is 0. The van der Waals surface area contributed by atoms with Crippen molar-refractivity contribution in [3.8, 4) is 5.75 Å². The Morgan fingerprint density at radius 3 is 2.19 bits per heavy atom. The molecule has 26 heavy (non-hydrogen) atoms. The van der Waals surface area contributed by atoms with Crippen LogP contribution < -0.4 is 10.1 Å². The summed E-state index contributed by atoms with van der Waals surface area (Å²) in [5.74, 6) is -0.390. The molecule has 0 atom stereocenters. The molecule has 0 aliphatic rings. The van der Waals surface area contributed by atoms with Crippen LogP contribution in [0.1, 0.15) is 31.9 Å².